The molecule has 1 aromatic rings. The molecule has 5 nitrogen and oxygen atoms in total. The number of unbranched alkanes of at least 4 members (excludes halogenated alkanes) is 10. The van der Waals surface area contributed by atoms with E-state index in [1.165, 1.54) is 76.0 Å². The van der Waals surface area contributed by atoms with Crippen LogP contribution < -0.4 is 64.4 Å². The number of aromatic carboxylic acids is 2. The van der Waals surface area contributed by atoms with E-state index in [1.807, 2.05) is 0 Å². The van der Waals surface area contributed by atoms with Gasteiger partial charge in [-0.1, -0.05) is 71.1 Å². The summed E-state index contributed by atoms with van der Waals surface area (Å²) in [7, 11) is 0. The monoisotopic (exact) mass is 411 g/mol. The molecule has 0 bridgehead atoms. The van der Waals surface area contributed by atoms with Crippen molar-refractivity contribution in [3.05, 3.63) is 29.3 Å². The van der Waals surface area contributed by atoms with Gasteiger partial charge in [-0.3, -0.25) is 0 Å². The van der Waals surface area contributed by atoms with Gasteiger partial charge in [-0.05, 0) is 24.6 Å². The zero-order valence-corrected chi connectivity index (χ0v) is 21.9. The van der Waals surface area contributed by atoms with E-state index in [1.54, 1.807) is 0 Å². The molecule has 150 valence electrons. The van der Waals surface area contributed by atoms with Crippen LogP contribution in [-0.2, 0) is 0 Å². The molecular weight excluding hydrogens is 376 g/mol. The van der Waals surface area contributed by atoms with Crippen molar-refractivity contribution in [2.75, 3.05) is 11.9 Å². The Bertz CT molecular complexity index is 546. The van der Waals surface area contributed by atoms with Crippen LogP contribution >= 0.6 is 0 Å². The summed E-state index contributed by atoms with van der Waals surface area (Å²) < 4.78 is 0. The minimum atomic E-state index is -1.12. The summed E-state index contributed by atoms with van der Waals surface area (Å²) in [4.78, 5) is 22.2. The summed E-state index contributed by atoms with van der Waals surface area (Å²) in [5, 5.41) is 21.3. The molecule has 0 aromatic heterocycles. The maximum Gasteiger partial charge on any atom is 1.00 e. The average molecular weight is 411 g/mol. The number of carbonyl (C=O) groups is 2. The van der Waals surface area contributed by atoms with Gasteiger partial charge in [0.2, 0.25) is 0 Å². The third-order valence-electron chi connectivity index (χ3n) is 4.54. The molecule has 0 aliphatic heterocycles. The normalized spacial score (nSPS) is 9.89. The number of hydrogen-bond donors (Lipinski definition) is 3. The van der Waals surface area contributed by atoms with Crippen LogP contribution in [0.2, 0.25) is 0 Å². The van der Waals surface area contributed by atoms with Crippen LogP contribution in [0.4, 0.5) is 5.69 Å². The fourth-order valence-electron chi connectivity index (χ4n) is 3.00. The Morgan fingerprint density at radius 2 is 1.14 bits per heavy atom. The first kappa shape index (κ1) is 30.2. The maximum atomic E-state index is 11.1. The van der Waals surface area contributed by atoms with E-state index in [9.17, 15) is 9.59 Å². The van der Waals surface area contributed by atoms with E-state index in [4.69, 9.17) is 10.2 Å². The molecule has 0 spiro atoms. The van der Waals surface area contributed by atoms with E-state index in [2.05, 4.69) is 12.2 Å². The molecular formula is C21H35NNa2O4. The Balaban J connectivity index is -0.000000845. The second-order valence-corrected chi connectivity index (χ2v) is 6.87. The van der Waals surface area contributed by atoms with Crippen LogP contribution in [0.3, 0.4) is 0 Å². The number of carboxylic acid groups (broad SMARTS) is 2. The summed E-state index contributed by atoms with van der Waals surface area (Å²) in [6, 6.07) is 4.14. The van der Waals surface area contributed by atoms with Crippen LogP contribution in [0, 0.1) is 0 Å². The molecule has 0 aliphatic carbocycles. The van der Waals surface area contributed by atoms with E-state index in [-0.39, 0.29) is 73.1 Å². The first-order chi connectivity index (χ1) is 12.5. The Morgan fingerprint density at radius 1 is 0.750 bits per heavy atom. The summed E-state index contributed by atoms with van der Waals surface area (Å²) in [6.07, 6.45) is 14.0. The molecule has 0 fully saturated rings. The first-order valence-corrected chi connectivity index (χ1v) is 9.90. The molecule has 0 unspecified atom stereocenters. The van der Waals surface area contributed by atoms with Crippen molar-refractivity contribution in [1.82, 2.24) is 0 Å². The Kier molecular flexibility index (Phi) is 20.4. The van der Waals surface area contributed by atoms with Gasteiger partial charge < -0.3 is 18.4 Å². The molecule has 7 heteroatoms. The SMILES string of the molecule is CCCCCCCCCCCCCNc1cc(C(=O)O)cc(C(=O)O)c1.[H-].[H-].[Na+].[Na+]. The van der Waals surface area contributed by atoms with Crippen molar-refractivity contribution in [3.8, 4) is 0 Å². The average Bonchev–Trinajstić information content (AvgIpc) is 2.62. The van der Waals surface area contributed by atoms with Gasteiger partial charge in [0.05, 0.1) is 11.1 Å². The predicted molar refractivity (Wildman–Crippen MR) is 108 cm³/mol. The second-order valence-electron chi connectivity index (χ2n) is 6.87. The Labute approximate surface area is 216 Å². The third kappa shape index (κ3) is 14.0. The predicted octanol–water partition coefficient (Wildman–Crippen LogP) is 0.0389. The number of nitrogens with one attached hydrogen (secondary N) is 1. The standard InChI is InChI=1S/C21H33NO4.2Na.2H/c1-2-3-4-5-6-7-8-9-10-11-12-13-22-19-15-17(20(23)24)14-18(16-19)21(25)26;;;;/h14-16,22H,2-13H2,1H3,(H,23,24)(H,25,26);;;;/q;2*+1;2*-1. The fraction of sp³-hybridized carbons (Fsp3) is 0.619. The van der Waals surface area contributed by atoms with Gasteiger partial charge >= 0.3 is 71.1 Å². The fourth-order valence-corrected chi connectivity index (χ4v) is 3.00. The van der Waals surface area contributed by atoms with Gasteiger partial charge in [0, 0.05) is 12.2 Å². The van der Waals surface area contributed by atoms with Crippen molar-refractivity contribution >= 4 is 17.6 Å². The Morgan fingerprint density at radius 3 is 1.54 bits per heavy atom. The summed E-state index contributed by atoms with van der Waals surface area (Å²) in [5.41, 5.74) is 0.534. The van der Waals surface area contributed by atoms with Gasteiger partial charge in [0.1, 0.15) is 0 Å². The first-order valence-electron chi connectivity index (χ1n) is 9.90. The molecule has 0 saturated carbocycles. The molecule has 0 saturated heterocycles. The van der Waals surface area contributed by atoms with Gasteiger partial charge in [0.15, 0.2) is 0 Å². The molecule has 0 aliphatic rings. The topological polar surface area (TPSA) is 86.6 Å². The van der Waals surface area contributed by atoms with Crippen molar-refractivity contribution in [2.45, 2.75) is 77.6 Å². The molecule has 3 N–H and O–H groups in total. The molecule has 0 heterocycles. The minimum absolute atomic E-state index is 0. The second kappa shape index (κ2) is 19.0. The zero-order chi connectivity index (χ0) is 19.2. The molecule has 1 rings (SSSR count). The van der Waals surface area contributed by atoms with Gasteiger partial charge in [-0.2, -0.15) is 0 Å². The molecule has 0 atom stereocenters. The van der Waals surface area contributed by atoms with E-state index < -0.39 is 11.9 Å². The van der Waals surface area contributed by atoms with Crippen LogP contribution in [0.25, 0.3) is 0 Å². The summed E-state index contributed by atoms with van der Waals surface area (Å²) in [6.45, 7) is 2.96. The zero-order valence-electron chi connectivity index (χ0n) is 19.9. The molecule has 1 aromatic carbocycles. The van der Waals surface area contributed by atoms with Crippen LogP contribution in [0.1, 0.15) is 101 Å². The maximum absolute atomic E-state index is 11.1. The van der Waals surface area contributed by atoms with Gasteiger partial charge in [-0.15, -0.1) is 0 Å². The van der Waals surface area contributed by atoms with Gasteiger partial charge in [-0.25, -0.2) is 9.59 Å². The van der Waals surface area contributed by atoms with Crippen molar-refractivity contribution < 1.29 is 81.8 Å². The van der Waals surface area contributed by atoms with E-state index in [0.29, 0.717) is 5.69 Å². The van der Waals surface area contributed by atoms with E-state index in [0.717, 1.165) is 19.4 Å². The summed E-state index contributed by atoms with van der Waals surface area (Å²) in [5.74, 6) is -2.24. The number of rotatable bonds is 15. The largest absolute Gasteiger partial charge is 1.00 e. The molecule has 28 heavy (non-hydrogen) atoms. The third-order valence-corrected chi connectivity index (χ3v) is 4.54. The number of benzene rings is 1. The molecule has 0 amide bonds. The number of hydrogen-bond acceptors (Lipinski definition) is 3. The number of anilines is 1. The van der Waals surface area contributed by atoms with Crippen LogP contribution in [0.15, 0.2) is 18.2 Å². The van der Waals surface area contributed by atoms with Crippen molar-refractivity contribution in [2.24, 2.45) is 0 Å². The summed E-state index contributed by atoms with van der Waals surface area (Å²) >= 11 is 0. The minimum Gasteiger partial charge on any atom is -1.00 e. The Hall–Kier alpha value is -0.0400. The van der Waals surface area contributed by atoms with Crippen LogP contribution in [-0.4, -0.2) is 28.7 Å². The number of carboxylic acids is 2. The van der Waals surface area contributed by atoms with Crippen molar-refractivity contribution in [1.29, 1.82) is 0 Å². The molecule has 0 radical (unpaired) electrons. The van der Waals surface area contributed by atoms with Gasteiger partial charge in [0.25, 0.3) is 0 Å². The van der Waals surface area contributed by atoms with Crippen molar-refractivity contribution in [3.63, 3.8) is 0 Å². The van der Waals surface area contributed by atoms with Crippen LogP contribution in [0.5, 0.6) is 0 Å². The smallest absolute Gasteiger partial charge is 1.00 e. The van der Waals surface area contributed by atoms with E-state index >= 15 is 0 Å². The quantitative estimate of drug-likeness (QED) is 0.280.